The molecule has 4 aromatic rings. The molecule has 164 valence electrons. The minimum Gasteiger partial charge on any atom is -0.461 e. The number of nitrogens with two attached hydrogens (primary N) is 1. The first-order chi connectivity index (χ1) is 15.6. The summed E-state index contributed by atoms with van der Waals surface area (Å²) in [5.74, 6) is 2.29. The monoisotopic (exact) mass is 433 g/mol. The van der Waals surface area contributed by atoms with Crippen LogP contribution in [0, 0.1) is 6.92 Å². The van der Waals surface area contributed by atoms with E-state index in [0.29, 0.717) is 30.7 Å². The van der Waals surface area contributed by atoms with Crippen LogP contribution in [0.25, 0.3) is 11.4 Å². The van der Waals surface area contributed by atoms with Crippen LogP contribution < -0.4 is 20.5 Å². The number of hydrogen-bond donors (Lipinski definition) is 3. The number of aromatic nitrogens is 5. The van der Waals surface area contributed by atoms with E-state index in [4.69, 9.17) is 19.9 Å². The minimum absolute atomic E-state index is 0.129. The fourth-order valence-corrected chi connectivity index (χ4v) is 2.86. The van der Waals surface area contributed by atoms with Gasteiger partial charge in [0, 0.05) is 24.4 Å². The van der Waals surface area contributed by atoms with E-state index in [9.17, 15) is 0 Å². The van der Waals surface area contributed by atoms with E-state index in [1.54, 1.807) is 19.2 Å². The number of aryl methyl sites for hydroxylation is 1. The van der Waals surface area contributed by atoms with Crippen molar-refractivity contribution >= 4 is 17.5 Å². The quantitative estimate of drug-likeness (QED) is 0.338. The highest BCUT2D eigenvalue weighted by atomic mass is 16.5. The third kappa shape index (κ3) is 5.49. The Labute approximate surface area is 184 Å². The fraction of sp³-hybridized carbons (Fsp3) is 0.182. The Hall–Kier alpha value is -4.18. The van der Waals surface area contributed by atoms with Gasteiger partial charge in [0.2, 0.25) is 11.8 Å². The number of nitrogens with one attached hydrogen (secondary N) is 2. The number of benzene rings is 2. The minimum atomic E-state index is 0.129. The van der Waals surface area contributed by atoms with Crippen LogP contribution in [0.1, 0.15) is 5.56 Å². The van der Waals surface area contributed by atoms with E-state index >= 15 is 0 Å². The molecule has 0 radical (unpaired) electrons. The molecule has 0 bridgehead atoms. The zero-order valence-electron chi connectivity index (χ0n) is 17.7. The zero-order chi connectivity index (χ0) is 22.3. The first kappa shape index (κ1) is 21.1. The topological polar surface area (TPSA) is 133 Å². The molecule has 0 saturated carbocycles. The lowest BCUT2D eigenvalue weighted by Gasteiger charge is -2.08. The van der Waals surface area contributed by atoms with Crippen molar-refractivity contribution in [1.29, 1.82) is 0 Å². The number of anilines is 3. The SMILES string of the molecule is COCCOc1nc(N)cc(Oc2ccc(-c3nnc(Nc4cccc(C)c4)[nH]3)cc2)n1. The van der Waals surface area contributed by atoms with Crippen molar-refractivity contribution in [3.8, 4) is 29.0 Å². The first-order valence-electron chi connectivity index (χ1n) is 9.90. The maximum Gasteiger partial charge on any atom is 0.321 e. The fourth-order valence-electron chi connectivity index (χ4n) is 2.86. The summed E-state index contributed by atoms with van der Waals surface area (Å²) in [6.07, 6.45) is 0. The van der Waals surface area contributed by atoms with Crippen molar-refractivity contribution in [2.75, 3.05) is 31.4 Å². The summed E-state index contributed by atoms with van der Waals surface area (Å²) < 4.78 is 16.1. The van der Waals surface area contributed by atoms with Crippen LogP contribution in [0.4, 0.5) is 17.5 Å². The maximum absolute atomic E-state index is 5.82. The lowest BCUT2D eigenvalue weighted by molar-refractivity contribution is 0.140. The van der Waals surface area contributed by atoms with Gasteiger partial charge in [-0.25, -0.2) is 0 Å². The van der Waals surface area contributed by atoms with Crippen molar-refractivity contribution in [2.45, 2.75) is 6.92 Å². The number of methoxy groups -OCH3 is 1. The smallest absolute Gasteiger partial charge is 0.321 e. The van der Waals surface area contributed by atoms with Crippen LogP contribution in [0.3, 0.4) is 0 Å². The maximum atomic E-state index is 5.82. The van der Waals surface area contributed by atoms with Crippen LogP contribution in [0.2, 0.25) is 0 Å². The standard InChI is InChI=1S/C22H23N7O3/c1-14-4-3-5-16(12-14)24-21-27-20(28-29-21)15-6-8-17(9-7-15)32-19-13-18(23)25-22(26-19)31-11-10-30-2/h3-9,12-13H,10-11H2,1-2H3,(H2,23,25,26)(H2,24,27,28,29). The van der Waals surface area contributed by atoms with Crippen molar-refractivity contribution < 1.29 is 14.2 Å². The molecule has 0 aliphatic carbocycles. The number of H-pyrrole nitrogens is 1. The number of rotatable bonds is 9. The summed E-state index contributed by atoms with van der Waals surface area (Å²) in [5, 5.41) is 11.6. The van der Waals surface area contributed by atoms with Gasteiger partial charge in [-0.3, -0.25) is 0 Å². The zero-order valence-corrected chi connectivity index (χ0v) is 17.7. The van der Waals surface area contributed by atoms with Crippen molar-refractivity contribution in [1.82, 2.24) is 25.1 Å². The third-order valence-corrected chi connectivity index (χ3v) is 4.34. The molecule has 0 unspecified atom stereocenters. The number of hydrogen-bond acceptors (Lipinski definition) is 9. The molecule has 0 atom stereocenters. The van der Waals surface area contributed by atoms with Crippen LogP contribution in [0.5, 0.6) is 17.6 Å². The summed E-state index contributed by atoms with van der Waals surface area (Å²) in [6, 6.07) is 17.0. The Kier molecular flexibility index (Phi) is 6.42. The Bertz CT molecular complexity index is 1180. The Morgan fingerprint density at radius 1 is 1.00 bits per heavy atom. The summed E-state index contributed by atoms with van der Waals surface area (Å²) in [5.41, 5.74) is 8.76. The lowest BCUT2D eigenvalue weighted by Crippen LogP contribution is -2.08. The van der Waals surface area contributed by atoms with Crippen LogP contribution >= 0.6 is 0 Å². The molecule has 4 rings (SSSR count). The normalized spacial score (nSPS) is 10.7. The third-order valence-electron chi connectivity index (χ3n) is 4.34. The van der Waals surface area contributed by atoms with Gasteiger partial charge < -0.3 is 30.2 Å². The summed E-state index contributed by atoms with van der Waals surface area (Å²) in [6.45, 7) is 2.76. The predicted octanol–water partition coefficient (Wildman–Crippen LogP) is 3.71. The first-order valence-corrected chi connectivity index (χ1v) is 9.90. The van der Waals surface area contributed by atoms with Gasteiger partial charge in [0.1, 0.15) is 18.2 Å². The van der Waals surface area contributed by atoms with Crippen LogP contribution in [-0.4, -0.2) is 45.5 Å². The van der Waals surface area contributed by atoms with E-state index in [1.165, 1.54) is 6.07 Å². The molecule has 0 aliphatic heterocycles. The second kappa shape index (κ2) is 9.75. The van der Waals surface area contributed by atoms with Gasteiger partial charge in [-0.15, -0.1) is 10.2 Å². The van der Waals surface area contributed by atoms with Crippen molar-refractivity contribution in [3.63, 3.8) is 0 Å². The van der Waals surface area contributed by atoms with E-state index in [2.05, 4.69) is 30.5 Å². The molecule has 2 aromatic heterocycles. The largest absolute Gasteiger partial charge is 0.461 e. The van der Waals surface area contributed by atoms with E-state index in [0.717, 1.165) is 16.8 Å². The molecule has 0 saturated heterocycles. The highest BCUT2D eigenvalue weighted by molar-refractivity contribution is 5.60. The average molecular weight is 433 g/mol. The van der Waals surface area contributed by atoms with Gasteiger partial charge in [0.15, 0.2) is 5.82 Å². The van der Waals surface area contributed by atoms with Gasteiger partial charge in [0.05, 0.1) is 6.61 Å². The molecule has 0 spiro atoms. The Morgan fingerprint density at radius 3 is 2.62 bits per heavy atom. The predicted molar refractivity (Wildman–Crippen MR) is 120 cm³/mol. The van der Waals surface area contributed by atoms with Gasteiger partial charge in [-0.1, -0.05) is 12.1 Å². The molecular formula is C22H23N7O3. The van der Waals surface area contributed by atoms with Gasteiger partial charge in [-0.05, 0) is 48.9 Å². The van der Waals surface area contributed by atoms with Crippen LogP contribution in [-0.2, 0) is 4.74 Å². The Morgan fingerprint density at radius 2 is 1.84 bits per heavy atom. The molecule has 32 heavy (non-hydrogen) atoms. The molecule has 0 fully saturated rings. The van der Waals surface area contributed by atoms with Crippen molar-refractivity contribution in [3.05, 3.63) is 60.2 Å². The molecule has 0 amide bonds. The van der Waals surface area contributed by atoms with E-state index in [1.807, 2.05) is 43.3 Å². The average Bonchev–Trinajstić information content (AvgIpc) is 3.22. The molecule has 2 aromatic carbocycles. The highest BCUT2D eigenvalue weighted by Crippen LogP contribution is 2.26. The highest BCUT2D eigenvalue weighted by Gasteiger charge is 2.09. The molecule has 10 nitrogen and oxygen atoms in total. The number of nitrogen functional groups attached to an aromatic ring is 1. The number of ether oxygens (including phenoxy) is 3. The second-order valence-electron chi connectivity index (χ2n) is 6.90. The number of aromatic amines is 1. The van der Waals surface area contributed by atoms with E-state index in [-0.39, 0.29) is 17.7 Å². The molecule has 0 aliphatic rings. The summed E-state index contributed by atoms with van der Waals surface area (Å²) in [4.78, 5) is 11.4. The van der Waals surface area contributed by atoms with E-state index < -0.39 is 0 Å². The molecule has 4 N–H and O–H groups in total. The molecule has 10 heteroatoms. The summed E-state index contributed by atoms with van der Waals surface area (Å²) >= 11 is 0. The molecular weight excluding hydrogens is 410 g/mol. The van der Waals surface area contributed by atoms with Crippen LogP contribution in [0.15, 0.2) is 54.6 Å². The molecule has 2 heterocycles. The number of nitrogens with zero attached hydrogens (tertiary/aromatic N) is 4. The van der Waals surface area contributed by atoms with Gasteiger partial charge in [-0.2, -0.15) is 9.97 Å². The summed E-state index contributed by atoms with van der Waals surface area (Å²) in [7, 11) is 1.59. The van der Waals surface area contributed by atoms with Gasteiger partial charge >= 0.3 is 6.01 Å². The van der Waals surface area contributed by atoms with Crippen molar-refractivity contribution in [2.24, 2.45) is 0 Å². The van der Waals surface area contributed by atoms with Gasteiger partial charge in [0.25, 0.3) is 0 Å². The Balaban J connectivity index is 1.42. The second-order valence-corrected chi connectivity index (χ2v) is 6.90. The lowest BCUT2D eigenvalue weighted by atomic mass is 10.2.